The third kappa shape index (κ3) is 3.25. The molecule has 0 aliphatic carbocycles. The van der Waals surface area contributed by atoms with Gasteiger partial charge in [0.1, 0.15) is 5.69 Å². The number of aliphatic hydroxyl groups is 1. The largest absolute Gasteiger partial charge is 0.391 e. The molecule has 16 heavy (non-hydrogen) atoms. The summed E-state index contributed by atoms with van der Waals surface area (Å²) >= 11 is 5.77. The molecule has 5 heteroatoms. The smallest absolute Gasteiger partial charge is 0.268 e. The molecule has 0 saturated heterocycles. The van der Waals surface area contributed by atoms with Crippen LogP contribution in [0.3, 0.4) is 0 Å². The van der Waals surface area contributed by atoms with Crippen molar-refractivity contribution in [3.8, 4) is 0 Å². The molecule has 0 aliphatic rings. The minimum Gasteiger partial charge on any atom is -0.391 e. The Balaban J connectivity index is 2.56. The van der Waals surface area contributed by atoms with Crippen molar-refractivity contribution in [1.29, 1.82) is 0 Å². The van der Waals surface area contributed by atoms with Gasteiger partial charge in [-0.25, -0.2) is 0 Å². The predicted octanol–water partition coefficient (Wildman–Crippen LogP) is 1.43. The molecule has 0 saturated carbocycles. The molecule has 1 aromatic rings. The van der Waals surface area contributed by atoms with E-state index in [0.717, 1.165) is 0 Å². The van der Waals surface area contributed by atoms with Crippen molar-refractivity contribution >= 4 is 17.5 Å². The van der Waals surface area contributed by atoms with Crippen LogP contribution in [0.5, 0.6) is 0 Å². The number of hydrogen-bond donors (Lipinski definition) is 2. The number of amides is 1. The number of aromatic nitrogens is 1. The molecule has 0 aromatic carbocycles. The van der Waals surface area contributed by atoms with E-state index in [1.54, 1.807) is 23.9 Å². The molecule has 0 bridgehead atoms. The second-order valence-corrected chi connectivity index (χ2v) is 4.61. The van der Waals surface area contributed by atoms with Gasteiger partial charge in [0.25, 0.3) is 5.91 Å². The van der Waals surface area contributed by atoms with Crippen LogP contribution in [-0.2, 0) is 7.05 Å². The van der Waals surface area contributed by atoms with Crippen molar-refractivity contribution in [2.24, 2.45) is 13.0 Å². The average Bonchev–Trinajstić information content (AvgIpc) is 2.53. The summed E-state index contributed by atoms with van der Waals surface area (Å²) < 4.78 is 1.65. The molecule has 90 valence electrons. The van der Waals surface area contributed by atoms with E-state index in [1.807, 2.05) is 13.8 Å². The van der Waals surface area contributed by atoms with Gasteiger partial charge in [-0.15, -0.1) is 0 Å². The molecule has 1 atom stereocenters. The summed E-state index contributed by atoms with van der Waals surface area (Å²) in [5.41, 5.74) is 0.487. The van der Waals surface area contributed by atoms with Crippen molar-refractivity contribution in [3.05, 3.63) is 23.0 Å². The first kappa shape index (κ1) is 13.1. The van der Waals surface area contributed by atoms with E-state index in [-0.39, 0.29) is 18.4 Å². The van der Waals surface area contributed by atoms with Crippen molar-refractivity contribution in [3.63, 3.8) is 0 Å². The van der Waals surface area contributed by atoms with E-state index in [2.05, 4.69) is 5.32 Å². The lowest BCUT2D eigenvalue weighted by Crippen LogP contribution is -2.35. The van der Waals surface area contributed by atoms with Crippen molar-refractivity contribution in [2.45, 2.75) is 20.0 Å². The normalized spacial score (nSPS) is 12.9. The van der Waals surface area contributed by atoms with Gasteiger partial charge in [-0.05, 0) is 12.0 Å². The third-order valence-electron chi connectivity index (χ3n) is 2.45. The first-order valence-electron chi connectivity index (χ1n) is 5.20. The molecular weight excluding hydrogens is 228 g/mol. The molecule has 0 spiro atoms. The summed E-state index contributed by atoms with van der Waals surface area (Å²) in [5, 5.41) is 12.7. The van der Waals surface area contributed by atoms with Gasteiger partial charge in [-0.3, -0.25) is 4.79 Å². The van der Waals surface area contributed by atoms with E-state index < -0.39 is 6.10 Å². The maximum Gasteiger partial charge on any atom is 0.268 e. The standard InChI is InChI=1S/C11H17ClN2O2/c1-7(2)10(15)5-13-11(16)9-4-8(12)6-14(9)3/h4,6-7,10,15H,5H2,1-3H3,(H,13,16). The first-order chi connectivity index (χ1) is 7.41. The van der Waals surface area contributed by atoms with Crippen molar-refractivity contribution in [1.82, 2.24) is 9.88 Å². The molecule has 1 amide bonds. The minimum atomic E-state index is -0.528. The summed E-state index contributed by atoms with van der Waals surface area (Å²) in [6.07, 6.45) is 1.13. The van der Waals surface area contributed by atoms with Gasteiger partial charge in [0.15, 0.2) is 0 Å². The lowest BCUT2D eigenvalue weighted by Gasteiger charge is -2.15. The summed E-state index contributed by atoms with van der Waals surface area (Å²) in [6.45, 7) is 4.05. The topological polar surface area (TPSA) is 54.3 Å². The Labute approximate surface area is 100 Å². The predicted molar refractivity (Wildman–Crippen MR) is 63.6 cm³/mol. The SMILES string of the molecule is CC(C)C(O)CNC(=O)c1cc(Cl)cn1C. The number of aryl methyl sites for hydroxylation is 1. The highest BCUT2D eigenvalue weighted by atomic mass is 35.5. The van der Waals surface area contributed by atoms with Gasteiger partial charge in [0.2, 0.25) is 0 Å². The maximum absolute atomic E-state index is 11.7. The van der Waals surface area contributed by atoms with Gasteiger partial charge < -0.3 is 15.0 Å². The Hall–Kier alpha value is -1.00. The highest BCUT2D eigenvalue weighted by molar-refractivity contribution is 6.31. The lowest BCUT2D eigenvalue weighted by atomic mass is 10.1. The van der Waals surface area contributed by atoms with Crippen molar-refractivity contribution in [2.75, 3.05) is 6.54 Å². The van der Waals surface area contributed by atoms with Gasteiger partial charge in [-0.1, -0.05) is 25.4 Å². The zero-order valence-corrected chi connectivity index (χ0v) is 10.5. The van der Waals surface area contributed by atoms with E-state index in [4.69, 9.17) is 11.6 Å². The maximum atomic E-state index is 11.7. The van der Waals surface area contributed by atoms with E-state index in [0.29, 0.717) is 10.7 Å². The van der Waals surface area contributed by atoms with Crippen LogP contribution in [-0.4, -0.2) is 28.2 Å². The van der Waals surface area contributed by atoms with Crippen LogP contribution in [0.1, 0.15) is 24.3 Å². The Bertz CT molecular complexity index is 374. The Kier molecular flexibility index (Phi) is 4.38. The molecule has 1 heterocycles. The van der Waals surface area contributed by atoms with Gasteiger partial charge in [-0.2, -0.15) is 0 Å². The number of rotatable bonds is 4. The molecule has 1 unspecified atom stereocenters. The second kappa shape index (κ2) is 5.37. The van der Waals surface area contributed by atoms with E-state index in [9.17, 15) is 9.90 Å². The molecule has 2 N–H and O–H groups in total. The number of halogens is 1. The number of nitrogens with zero attached hydrogens (tertiary/aromatic N) is 1. The summed E-state index contributed by atoms with van der Waals surface area (Å²) in [6, 6.07) is 1.60. The zero-order chi connectivity index (χ0) is 12.3. The number of carbonyl (C=O) groups excluding carboxylic acids is 1. The molecular formula is C11H17ClN2O2. The number of aliphatic hydroxyl groups excluding tert-OH is 1. The molecule has 4 nitrogen and oxygen atoms in total. The summed E-state index contributed by atoms with van der Waals surface area (Å²) in [7, 11) is 1.75. The van der Waals surface area contributed by atoms with Crippen LogP contribution >= 0.6 is 11.6 Å². The highest BCUT2D eigenvalue weighted by Crippen LogP contribution is 2.12. The van der Waals surface area contributed by atoms with Crippen LogP contribution in [0, 0.1) is 5.92 Å². The lowest BCUT2D eigenvalue weighted by molar-refractivity contribution is 0.0864. The zero-order valence-electron chi connectivity index (χ0n) is 9.70. The average molecular weight is 245 g/mol. The van der Waals surface area contributed by atoms with Crippen LogP contribution in [0.25, 0.3) is 0 Å². The fourth-order valence-electron chi connectivity index (χ4n) is 1.27. The van der Waals surface area contributed by atoms with Gasteiger partial charge in [0.05, 0.1) is 11.1 Å². The number of carbonyl (C=O) groups is 1. The van der Waals surface area contributed by atoms with Crippen molar-refractivity contribution < 1.29 is 9.90 Å². The minimum absolute atomic E-state index is 0.123. The fourth-order valence-corrected chi connectivity index (χ4v) is 1.52. The Morgan fingerprint density at radius 2 is 2.25 bits per heavy atom. The number of hydrogen-bond acceptors (Lipinski definition) is 2. The Morgan fingerprint density at radius 3 is 2.69 bits per heavy atom. The third-order valence-corrected chi connectivity index (χ3v) is 2.65. The monoisotopic (exact) mass is 244 g/mol. The summed E-state index contributed by atoms with van der Waals surface area (Å²) in [4.78, 5) is 11.7. The second-order valence-electron chi connectivity index (χ2n) is 4.18. The van der Waals surface area contributed by atoms with Gasteiger partial charge in [0, 0.05) is 19.8 Å². The van der Waals surface area contributed by atoms with Gasteiger partial charge >= 0.3 is 0 Å². The quantitative estimate of drug-likeness (QED) is 0.842. The van der Waals surface area contributed by atoms with Crippen LogP contribution < -0.4 is 5.32 Å². The van der Waals surface area contributed by atoms with Crippen LogP contribution in [0.4, 0.5) is 0 Å². The van der Waals surface area contributed by atoms with Crippen LogP contribution in [0.2, 0.25) is 5.02 Å². The highest BCUT2D eigenvalue weighted by Gasteiger charge is 2.14. The van der Waals surface area contributed by atoms with Crippen LogP contribution in [0.15, 0.2) is 12.3 Å². The molecule has 0 fully saturated rings. The molecule has 0 aliphatic heterocycles. The number of nitrogens with one attached hydrogen (secondary N) is 1. The molecule has 1 rings (SSSR count). The molecule has 1 aromatic heterocycles. The summed E-state index contributed by atoms with van der Waals surface area (Å²) in [5.74, 6) is -0.105. The van der Waals surface area contributed by atoms with E-state index >= 15 is 0 Å². The Morgan fingerprint density at radius 1 is 1.62 bits per heavy atom. The fraction of sp³-hybridized carbons (Fsp3) is 0.545. The molecule has 0 radical (unpaired) electrons. The van der Waals surface area contributed by atoms with E-state index in [1.165, 1.54) is 0 Å². The first-order valence-corrected chi connectivity index (χ1v) is 5.57.